The minimum absolute atomic E-state index is 0.309. The van der Waals surface area contributed by atoms with Gasteiger partial charge < -0.3 is 10.0 Å². The van der Waals surface area contributed by atoms with E-state index in [1.54, 1.807) is 18.3 Å². The molecule has 0 atom stereocenters. The summed E-state index contributed by atoms with van der Waals surface area (Å²) in [7, 11) is 1.91. The zero-order valence-electron chi connectivity index (χ0n) is 9.81. The molecule has 0 saturated heterocycles. The lowest BCUT2D eigenvalue weighted by atomic mass is 10.4. The quantitative estimate of drug-likeness (QED) is 0.918. The Morgan fingerprint density at radius 2 is 2.33 bits per heavy atom. The molecular formula is C11H11BrN2O2S2. The van der Waals surface area contributed by atoms with Gasteiger partial charge in [0.05, 0.1) is 12.2 Å². The summed E-state index contributed by atoms with van der Waals surface area (Å²) in [5, 5.41) is 11.8. The average molecular weight is 347 g/mol. The molecule has 0 bridgehead atoms. The SMILES string of the molecule is Cc1nc(N(C)Cc2cc(Br)cs2)sc1C(=O)O. The molecule has 0 aliphatic heterocycles. The number of hydrogen-bond donors (Lipinski definition) is 1. The zero-order chi connectivity index (χ0) is 13.3. The van der Waals surface area contributed by atoms with E-state index in [4.69, 9.17) is 5.11 Å². The van der Waals surface area contributed by atoms with Crippen molar-refractivity contribution in [3.8, 4) is 0 Å². The third-order valence-corrected chi connectivity index (χ3v) is 5.26. The molecule has 0 radical (unpaired) electrons. The number of anilines is 1. The molecule has 0 spiro atoms. The molecule has 2 aromatic heterocycles. The molecule has 0 saturated carbocycles. The van der Waals surface area contributed by atoms with E-state index in [1.807, 2.05) is 17.3 Å². The van der Waals surface area contributed by atoms with Gasteiger partial charge in [-0.05, 0) is 28.9 Å². The van der Waals surface area contributed by atoms with E-state index in [0.717, 1.165) is 16.1 Å². The molecule has 18 heavy (non-hydrogen) atoms. The standard InChI is InChI=1S/C11H11BrN2O2S2/c1-6-9(10(15)16)18-11(13-6)14(2)4-8-3-7(12)5-17-8/h3,5H,4H2,1-2H3,(H,15,16). The molecule has 1 N–H and O–H groups in total. The number of aryl methyl sites for hydroxylation is 1. The van der Waals surface area contributed by atoms with Gasteiger partial charge in [-0.1, -0.05) is 11.3 Å². The lowest BCUT2D eigenvalue weighted by molar-refractivity contribution is 0.0701. The predicted molar refractivity (Wildman–Crippen MR) is 77.9 cm³/mol. The summed E-state index contributed by atoms with van der Waals surface area (Å²) in [6.45, 7) is 2.45. The zero-order valence-corrected chi connectivity index (χ0v) is 13.0. The highest BCUT2D eigenvalue weighted by atomic mass is 79.9. The monoisotopic (exact) mass is 346 g/mol. The number of nitrogens with zero attached hydrogens (tertiary/aromatic N) is 2. The van der Waals surface area contributed by atoms with Crippen LogP contribution in [0.4, 0.5) is 5.13 Å². The molecule has 2 aromatic rings. The average Bonchev–Trinajstić information content (AvgIpc) is 2.85. The van der Waals surface area contributed by atoms with Gasteiger partial charge in [0.15, 0.2) is 5.13 Å². The van der Waals surface area contributed by atoms with Gasteiger partial charge in [-0.3, -0.25) is 0 Å². The number of carboxylic acids is 1. The number of thiazole rings is 1. The summed E-state index contributed by atoms with van der Waals surface area (Å²) in [5.74, 6) is -0.913. The van der Waals surface area contributed by atoms with E-state index >= 15 is 0 Å². The fourth-order valence-corrected chi connectivity index (χ4v) is 3.85. The number of aromatic nitrogens is 1. The van der Waals surface area contributed by atoms with E-state index in [9.17, 15) is 4.79 Å². The normalized spacial score (nSPS) is 10.6. The van der Waals surface area contributed by atoms with Crippen molar-refractivity contribution in [2.75, 3.05) is 11.9 Å². The number of carboxylic acid groups (broad SMARTS) is 1. The molecule has 2 heterocycles. The van der Waals surface area contributed by atoms with Crippen molar-refractivity contribution >= 4 is 49.7 Å². The van der Waals surface area contributed by atoms with E-state index in [1.165, 1.54) is 16.2 Å². The van der Waals surface area contributed by atoms with Crippen LogP contribution in [0.25, 0.3) is 0 Å². The summed E-state index contributed by atoms with van der Waals surface area (Å²) < 4.78 is 1.07. The maximum absolute atomic E-state index is 11.0. The van der Waals surface area contributed by atoms with Crippen molar-refractivity contribution in [1.82, 2.24) is 4.98 Å². The Kier molecular flexibility index (Phi) is 4.04. The molecule has 0 unspecified atom stereocenters. The summed E-state index contributed by atoms with van der Waals surface area (Å²) >= 11 is 6.29. The van der Waals surface area contributed by atoms with E-state index in [-0.39, 0.29) is 0 Å². The second-order valence-electron chi connectivity index (χ2n) is 3.80. The van der Waals surface area contributed by atoms with Crippen molar-refractivity contribution in [2.24, 2.45) is 0 Å². The second kappa shape index (κ2) is 5.38. The van der Waals surface area contributed by atoms with Gasteiger partial charge in [-0.25, -0.2) is 9.78 Å². The van der Waals surface area contributed by atoms with Crippen LogP contribution in [0, 0.1) is 6.92 Å². The van der Waals surface area contributed by atoms with Crippen molar-refractivity contribution in [2.45, 2.75) is 13.5 Å². The molecule has 0 amide bonds. The fourth-order valence-electron chi connectivity index (χ4n) is 1.48. The van der Waals surface area contributed by atoms with Gasteiger partial charge in [-0.2, -0.15) is 0 Å². The van der Waals surface area contributed by atoms with Crippen LogP contribution < -0.4 is 4.90 Å². The molecular weight excluding hydrogens is 336 g/mol. The molecule has 96 valence electrons. The van der Waals surface area contributed by atoms with Crippen molar-refractivity contribution in [3.05, 3.63) is 31.4 Å². The molecule has 4 nitrogen and oxygen atoms in total. The Morgan fingerprint density at radius 1 is 1.61 bits per heavy atom. The number of halogens is 1. The minimum atomic E-state index is -0.913. The van der Waals surface area contributed by atoms with E-state index in [0.29, 0.717) is 10.6 Å². The first-order valence-corrected chi connectivity index (χ1v) is 7.61. The summed E-state index contributed by atoms with van der Waals surface area (Å²) in [6, 6.07) is 2.06. The van der Waals surface area contributed by atoms with Crippen LogP contribution in [0.2, 0.25) is 0 Å². The Morgan fingerprint density at radius 3 is 2.83 bits per heavy atom. The summed E-state index contributed by atoms with van der Waals surface area (Å²) in [6.07, 6.45) is 0. The van der Waals surface area contributed by atoms with Gasteiger partial charge >= 0.3 is 5.97 Å². The van der Waals surface area contributed by atoms with Gasteiger partial charge in [0, 0.05) is 21.8 Å². The van der Waals surface area contributed by atoms with Crippen LogP contribution in [0.15, 0.2) is 15.9 Å². The van der Waals surface area contributed by atoms with Gasteiger partial charge in [0.25, 0.3) is 0 Å². The highest BCUT2D eigenvalue weighted by molar-refractivity contribution is 9.10. The number of hydrogen-bond acceptors (Lipinski definition) is 5. The Labute approximate surface area is 121 Å². The molecule has 0 aromatic carbocycles. The highest BCUT2D eigenvalue weighted by Crippen LogP contribution is 2.28. The van der Waals surface area contributed by atoms with Crippen molar-refractivity contribution < 1.29 is 9.90 Å². The van der Waals surface area contributed by atoms with Crippen molar-refractivity contribution in [3.63, 3.8) is 0 Å². The van der Waals surface area contributed by atoms with E-state index < -0.39 is 5.97 Å². The Bertz CT molecular complexity index is 579. The Hall–Kier alpha value is -0.920. The highest BCUT2D eigenvalue weighted by Gasteiger charge is 2.16. The first kappa shape index (κ1) is 13.5. The maximum Gasteiger partial charge on any atom is 0.347 e. The van der Waals surface area contributed by atoms with Crippen LogP contribution in [0.5, 0.6) is 0 Å². The predicted octanol–water partition coefficient (Wildman–Crippen LogP) is 3.61. The molecule has 2 rings (SSSR count). The first-order chi connectivity index (χ1) is 8.47. The fraction of sp³-hybridized carbons (Fsp3) is 0.273. The largest absolute Gasteiger partial charge is 0.477 e. The van der Waals surface area contributed by atoms with Gasteiger partial charge in [0.1, 0.15) is 4.88 Å². The first-order valence-electron chi connectivity index (χ1n) is 5.12. The molecule has 7 heteroatoms. The number of rotatable bonds is 4. The van der Waals surface area contributed by atoms with Crippen LogP contribution in [-0.4, -0.2) is 23.1 Å². The lowest BCUT2D eigenvalue weighted by Gasteiger charge is -2.13. The van der Waals surface area contributed by atoms with Gasteiger partial charge in [-0.15, -0.1) is 11.3 Å². The number of carbonyl (C=O) groups is 1. The van der Waals surface area contributed by atoms with E-state index in [2.05, 4.69) is 27.0 Å². The maximum atomic E-state index is 11.0. The van der Waals surface area contributed by atoms with Gasteiger partial charge in [0.2, 0.25) is 0 Å². The number of aromatic carboxylic acids is 1. The second-order valence-corrected chi connectivity index (χ2v) is 6.69. The summed E-state index contributed by atoms with van der Waals surface area (Å²) in [4.78, 5) is 18.7. The topological polar surface area (TPSA) is 53.4 Å². The van der Waals surface area contributed by atoms with Crippen LogP contribution in [0.3, 0.4) is 0 Å². The smallest absolute Gasteiger partial charge is 0.347 e. The number of thiophene rings is 1. The Balaban J connectivity index is 2.16. The molecule has 0 aliphatic carbocycles. The van der Waals surface area contributed by atoms with Crippen molar-refractivity contribution in [1.29, 1.82) is 0 Å². The van der Waals surface area contributed by atoms with Crippen LogP contribution in [0.1, 0.15) is 20.2 Å². The van der Waals surface area contributed by atoms with Crippen LogP contribution >= 0.6 is 38.6 Å². The molecule has 0 aliphatic rings. The third kappa shape index (κ3) is 2.90. The molecule has 0 fully saturated rings. The van der Waals surface area contributed by atoms with Crippen LogP contribution in [-0.2, 0) is 6.54 Å². The summed E-state index contributed by atoms with van der Waals surface area (Å²) in [5.41, 5.74) is 0.571. The third-order valence-electron chi connectivity index (χ3n) is 2.32. The minimum Gasteiger partial charge on any atom is -0.477 e. The lowest BCUT2D eigenvalue weighted by Crippen LogP contribution is -2.15.